The third kappa shape index (κ3) is 4.15. The topological polar surface area (TPSA) is 105 Å². The maximum absolute atomic E-state index is 13.0. The zero-order valence-corrected chi connectivity index (χ0v) is 13.8. The summed E-state index contributed by atoms with van der Waals surface area (Å²) >= 11 is 4.59. The van der Waals surface area contributed by atoms with E-state index in [1.165, 1.54) is 12.1 Å². The van der Waals surface area contributed by atoms with Crippen molar-refractivity contribution in [3.05, 3.63) is 30.1 Å². The van der Waals surface area contributed by atoms with Gasteiger partial charge in [0.25, 0.3) is 5.91 Å². The molecule has 1 aliphatic rings. The van der Waals surface area contributed by atoms with E-state index in [9.17, 15) is 17.6 Å². The van der Waals surface area contributed by atoms with E-state index in [4.69, 9.17) is 5.73 Å². The molecule has 1 aromatic carbocycles. The summed E-state index contributed by atoms with van der Waals surface area (Å²) in [5.41, 5.74) is 9.83. The Kier molecular flexibility index (Phi) is 5.50. The molecule has 0 aromatic heterocycles. The molecular formula is C13H17FN4O3S2. The van der Waals surface area contributed by atoms with Crippen LogP contribution in [0.2, 0.25) is 0 Å². The van der Waals surface area contributed by atoms with Gasteiger partial charge in [0.05, 0.1) is 4.90 Å². The van der Waals surface area contributed by atoms with E-state index in [0.717, 1.165) is 22.9 Å². The second-order valence-electron chi connectivity index (χ2n) is 5.06. The summed E-state index contributed by atoms with van der Waals surface area (Å²) < 4.78 is 39.5. The Hall–Kier alpha value is -1.78. The lowest BCUT2D eigenvalue weighted by molar-refractivity contribution is -0.126. The SMILES string of the molecule is NC(=S)NNC(=O)[C@@H]1CCCCN1S(=O)(=O)c1ccc(F)cc1. The first-order valence-corrected chi connectivity index (χ1v) is 8.80. The van der Waals surface area contributed by atoms with Crippen molar-refractivity contribution in [2.45, 2.75) is 30.2 Å². The molecule has 0 saturated carbocycles. The van der Waals surface area contributed by atoms with Gasteiger partial charge in [-0.15, -0.1) is 0 Å². The summed E-state index contributed by atoms with van der Waals surface area (Å²) in [6, 6.07) is 3.63. The summed E-state index contributed by atoms with van der Waals surface area (Å²) in [7, 11) is -3.90. The molecule has 7 nitrogen and oxygen atoms in total. The van der Waals surface area contributed by atoms with Crippen LogP contribution in [0.5, 0.6) is 0 Å². The lowest BCUT2D eigenvalue weighted by Gasteiger charge is -2.33. The zero-order chi connectivity index (χ0) is 17.0. The number of nitrogens with two attached hydrogens (primary N) is 1. The lowest BCUT2D eigenvalue weighted by atomic mass is 10.0. The second-order valence-corrected chi connectivity index (χ2v) is 7.39. The Bertz CT molecular complexity index is 694. The number of thiocarbonyl (C=S) groups is 1. The van der Waals surface area contributed by atoms with Gasteiger partial charge in [-0.25, -0.2) is 12.8 Å². The minimum Gasteiger partial charge on any atom is -0.375 e. The van der Waals surface area contributed by atoms with Crippen LogP contribution in [-0.4, -0.2) is 36.3 Å². The molecule has 1 saturated heterocycles. The van der Waals surface area contributed by atoms with Gasteiger partial charge in [0.1, 0.15) is 11.9 Å². The van der Waals surface area contributed by atoms with Crippen LogP contribution in [-0.2, 0) is 14.8 Å². The number of sulfonamides is 1. The number of amides is 1. The van der Waals surface area contributed by atoms with Crippen LogP contribution in [0.3, 0.4) is 0 Å². The fourth-order valence-corrected chi connectivity index (χ4v) is 4.11. The first kappa shape index (κ1) is 17.6. The Labute approximate surface area is 139 Å². The molecule has 1 heterocycles. The maximum Gasteiger partial charge on any atom is 0.256 e. The van der Waals surface area contributed by atoms with Crippen LogP contribution in [0.4, 0.5) is 4.39 Å². The number of piperidine rings is 1. The molecule has 23 heavy (non-hydrogen) atoms. The molecule has 0 aliphatic carbocycles. The van der Waals surface area contributed by atoms with Crippen LogP contribution in [0.25, 0.3) is 0 Å². The van der Waals surface area contributed by atoms with Crippen LogP contribution in [0, 0.1) is 5.82 Å². The summed E-state index contributed by atoms with van der Waals surface area (Å²) in [6.07, 6.45) is 1.75. The van der Waals surface area contributed by atoms with Crippen molar-refractivity contribution in [3.63, 3.8) is 0 Å². The van der Waals surface area contributed by atoms with E-state index in [2.05, 4.69) is 23.1 Å². The largest absolute Gasteiger partial charge is 0.375 e. The highest BCUT2D eigenvalue weighted by atomic mass is 32.2. The number of hydrogen-bond donors (Lipinski definition) is 3. The number of nitrogens with one attached hydrogen (secondary N) is 2. The lowest BCUT2D eigenvalue weighted by Crippen LogP contribution is -2.56. The monoisotopic (exact) mass is 360 g/mol. The molecule has 0 spiro atoms. The quantitative estimate of drug-likeness (QED) is 0.527. The van der Waals surface area contributed by atoms with Gasteiger partial charge >= 0.3 is 0 Å². The number of halogens is 1. The Morgan fingerprint density at radius 2 is 1.91 bits per heavy atom. The molecule has 1 aliphatic heterocycles. The molecule has 126 valence electrons. The van der Waals surface area contributed by atoms with Crippen molar-refractivity contribution >= 4 is 33.3 Å². The van der Waals surface area contributed by atoms with Crippen molar-refractivity contribution in [1.29, 1.82) is 0 Å². The number of nitrogens with zero attached hydrogens (tertiary/aromatic N) is 1. The number of hydrogen-bond acceptors (Lipinski definition) is 4. The van der Waals surface area contributed by atoms with E-state index in [0.29, 0.717) is 12.8 Å². The maximum atomic E-state index is 13.0. The van der Waals surface area contributed by atoms with Gasteiger partial charge in [0.2, 0.25) is 10.0 Å². The van der Waals surface area contributed by atoms with Crippen molar-refractivity contribution < 1.29 is 17.6 Å². The number of rotatable bonds is 3. The first-order valence-electron chi connectivity index (χ1n) is 6.95. The van der Waals surface area contributed by atoms with Gasteiger partial charge in [0, 0.05) is 6.54 Å². The predicted octanol–water partition coefficient (Wildman–Crippen LogP) is 0.233. The summed E-state index contributed by atoms with van der Waals surface area (Å²) in [6.45, 7) is 0.213. The highest BCUT2D eigenvalue weighted by Gasteiger charge is 2.37. The van der Waals surface area contributed by atoms with E-state index < -0.39 is 27.8 Å². The van der Waals surface area contributed by atoms with Crippen LogP contribution >= 0.6 is 12.2 Å². The fourth-order valence-electron chi connectivity index (χ4n) is 2.40. The Morgan fingerprint density at radius 1 is 1.26 bits per heavy atom. The van der Waals surface area contributed by atoms with Gasteiger partial charge in [-0.3, -0.25) is 15.6 Å². The van der Waals surface area contributed by atoms with Crippen molar-refractivity contribution in [2.75, 3.05) is 6.54 Å². The van der Waals surface area contributed by atoms with Gasteiger partial charge in [-0.1, -0.05) is 6.42 Å². The zero-order valence-electron chi connectivity index (χ0n) is 12.2. The molecule has 1 amide bonds. The standard InChI is InChI=1S/C13H17FN4O3S2/c14-9-4-6-10(7-5-9)23(20,21)18-8-2-1-3-11(18)12(19)16-17-13(15)22/h4-7,11H,1-3,8H2,(H,16,19)(H3,15,17,22)/t11-/m0/s1. The van der Waals surface area contributed by atoms with E-state index in [1.807, 2.05) is 0 Å². The average Bonchev–Trinajstić information content (AvgIpc) is 2.53. The van der Waals surface area contributed by atoms with E-state index in [1.54, 1.807) is 0 Å². The molecule has 1 aromatic rings. The van der Waals surface area contributed by atoms with Gasteiger partial charge < -0.3 is 5.73 Å². The molecule has 1 atom stereocenters. The van der Waals surface area contributed by atoms with Crippen molar-refractivity contribution in [1.82, 2.24) is 15.2 Å². The summed E-state index contributed by atoms with van der Waals surface area (Å²) in [5, 5.41) is -0.123. The molecule has 0 unspecified atom stereocenters. The number of carbonyl (C=O) groups excluding carboxylic acids is 1. The summed E-state index contributed by atoms with van der Waals surface area (Å²) in [5.74, 6) is -1.07. The third-order valence-electron chi connectivity index (χ3n) is 3.49. The van der Waals surface area contributed by atoms with Gasteiger partial charge in [0.15, 0.2) is 5.11 Å². The molecule has 4 N–H and O–H groups in total. The fraction of sp³-hybridized carbons (Fsp3) is 0.385. The van der Waals surface area contributed by atoms with E-state index >= 15 is 0 Å². The highest BCUT2D eigenvalue weighted by molar-refractivity contribution is 7.89. The number of carbonyl (C=O) groups is 1. The highest BCUT2D eigenvalue weighted by Crippen LogP contribution is 2.25. The minimum absolute atomic E-state index is 0.0547. The van der Waals surface area contributed by atoms with Crippen molar-refractivity contribution in [3.8, 4) is 0 Å². The molecule has 10 heteroatoms. The number of benzene rings is 1. The van der Waals surface area contributed by atoms with E-state index in [-0.39, 0.29) is 16.6 Å². The predicted molar refractivity (Wildman–Crippen MR) is 86.0 cm³/mol. The smallest absolute Gasteiger partial charge is 0.256 e. The van der Waals surface area contributed by atoms with Crippen LogP contribution in [0.1, 0.15) is 19.3 Å². The second kappa shape index (κ2) is 7.20. The normalized spacial score (nSPS) is 19.1. The third-order valence-corrected chi connectivity index (χ3v) is 5.51. The molecule has 1 fully saturated rings. The molecule has 2 rings (SSSR count). The van der Waals surface area contributed by atoms with Crippen molar-refractivity contribution in [2.24, 2.45) is 5.73 Å². The minimum atomic E-state index is -3.90. The number of hydrazine groups is 1. The van der Waals surface area contributed by atoms with Crippen LogP contribution < -0.4 is 16.6 Å². The molecular weight excluding hydrogens is 343 g/mol. The van der Waals surface area contributed by atoms with Gasteiger partial charge in [-0.2, -0.15) is 4.31 Å². The van der Waals surface area contributed by atoms with Gasteiger partial charge in [-0.05, 0) is 49.3 Å². The average molecular weight is 360 g/mol. The molecule has 0 bridgehead atoms. The summed E-state index contributed by atoms with van der Waals surface area (Å²) in [4.78, 5) is 12.1. The Morgan fingerprint density at radius 3 is 2.52 bits per heavy atom. The first-order chi connectivity index (χ1) is 10.8. The van der Waals surface area contributed by atoms with Crippen LogP contribution in [0.15, 0.2) is 29.2 Å². The molecule has 0 radical (unpaired) electrons. The Balaban J connectivity index is 2.24.